The normalized spacial score (nSPS) is 28.1. The number of nitrogens with one attached hydrogen (secondary N) is 1. The van der Waals surface area contributed by atoms with E-state index in [1.807, 2.05) is 12.1 Å². The molecule has 78 valence electrons. The molecule has 2 N–H and O–H groups in total. The molecule has 1 aliphatic heterocycles. The largest absolute Gasteiger partial charge is 0.508 e. The summed E-state index contributed by atoms with van der Waals surface area (Å²) in [6, 6.07) is 5.51. The first-order chi connectivity index (χ1) is 7.20. The zero-order chi connectivity index (χ0) is 10.5. The van der Waals surface area contributed by atoms with E-state index in [-0.39, 0.29) is 11.3 Å². The van der Waals surface area contributed by atoms with Gasteiger partial charge < -0.3 is 10.4 Å². The molecule has 15 heavy (non-hydrogen) atoms. The highest BCUT2D eigenvalue weighted by Crippen LogP contribution is 2.44. The van der Waals surface area contributed by atoms with Crippen molar-refractivity contribution >= 4 is 5.91 Å². The fraction of sp³-hybridized carbons (Fsp3) is 0.417. The maximum atomic E-state index is 11.3. The van der Waals surface area contributed by atoms with Gasteiger partial charge in [-0.1, -0.05) is 6.07 Å². The van der Waals surface area contributed by atoms with Crippen LogP contribution >= 0.6 is 0 Å². The number of rotatable bonds is 0. The molecule has 1 saturated heterocycles. The van der Waals surface area contributed by atoms with Crippen molar-refractivity contribution in [3.63, 3.8) is 0 Å². The average molecular weight is 203 g/mol. The van der Waals surface area contributed by atoms with Crippen LogP contribution in [0.3, 0.4) is 0 Å². The second-order valence-electron chi connectivity index (χ2n) is 4.58. The molecule has 0 radical (unpaired) electrons. The summed E-state index contributed by atoms with van der Waals surface area (Å²) in [5, 5.41) is 12.3. The maximum Gasteiger partial charge on any atom is 0.220 e. The second-order valence-corrected chi connectivity index (χ2v) is 4.58. The van der Waals surface area contributed by atoms with Gasteiger partial charge in [0.1, 0.15) is 5.75 Å². The van der Waals surface area contributed by atoms with Crippen LogP contribution in [0.1, 0.15) is 24.0 Å². The Kier molecular flexibility index (Phi) is 1.61. The zero-order valence-corrected chi connectivity index (χ0v) is 8.42. The summed E-state index contributed by atoms with van der Waals surface area (Å²) in [5.74, 6) is 0.471. The third-order valence-corrected chi connectivity index (χ3v) is 3.66. The zero-order valence-electron chi connectivity index (χ0n) is 8.42. The molecule has 1 atom stereocenters. The Hall–Kier alpha value is -1.51. The van der Waals surface area contributed by atoms with Gasteiger partial charge in [0, 0.05) is 18.4 Å². The number of hydrogen-bond donors (Lipinski definition) is 2. The summed E-state index contributed by atoms with van der Waals surface area (Å²) in [6.45, 7) is 0.754. The molecule has 1 aliphatic carbocycles. The van der Waals surface area contributed by atoms with E-state index in [9.17, 15) is 9.90 Å². The van der Waals surface area contributed by atoms with Crippen LogP contribution in [0.2, 0.25) is 0 Å². The highest BCUT2D eigenvalue weighted by atomic mass is 16.3. The first-order valence-electron chi connectivity index (χ1n) is 5.29. The van der Waals surface area contributed by atoms with Crippen molar-refractivity contribution in [3.05, 3.63) is 29.3 Å². The van der Waals surface area contributed by atoms with E-state index in [1.54, 1.807) is 6.07 Å². The number of carbonyl (C=O) groups is 1. The van der Waals surface area contributed by atoms with E-state index in [1.165, 1.54) is 11.1 Å². The van der Waals surface area contributed by atoms with E-state index in [0.717, 1.165) is 19.4 Å². The number of hydrogen-bond acceptors (Lipinski definition) is 2. The number of phenols is 1. The number of phenolic OH excluding ortho intramolecular Hbond substituents is 1. The minimum Gasteiger partial charge on any atom is -0.508 e. The molecule has 3 heteroatoms. The maximum absolute atomic E-state index is 11.3. The van der Waals surface area contributed by atoms with Crippen LogP contribution in [0, 0.1) is 0 Å². The fourth-order valence-corrected chi connectivity index (χ4v) is 2.88. The predicted octanol–water partition coefficient (Wildman–Crippen LogP) is 1.10. The van der Waals surface area contributed by atoms with Gasteiger partial charge in [0.05, 0.1) is 0 Å². The molecule has 1 aromatic carbocycles. The van der Waals surface area contributed by atoms with Gasteiger partial charge in [-0.3, -0.25) is 4.79 Å². The number of fused-ring (bicyclic) bond motifs is 2. The lowest BCUT2D eigenvalue weighted by Gasteiger charge is -2.21. The van der Waals surface area contributed by atoms with Crippen LogP contribution in [0.4, 0.5) is 0 Å². The van der Waals surface area contributed by atoms with Gasteiger partial charge in [-0.2, -0.15) is 0 Å². The van der Waals surface area contributed by atoms with E-state index in [2.05, 4.69) is 5.32 Å². The second kappa shape index (κ2) is 2.75. The molecule has 3 nitrogen and oxygen atoms in total. The Balaban J connectivity index is 2.08. The lowest BCUT2D eigenvalue weighted by atomic mass is 9.81. The third kappa shape index (κ3) is 1.16. The molecule has 1 heterocycles. The van der Waals surface area contributed by atoms with Gasteiger partial charge in [-0.25, -0.2) is 0 Å². The molecule has 0 aromatic heterocycles. The highest BCUT2D eigenvalue weighted by molar-refractivity contribution is 5.81. The van der Waals surface area contributed by atoms with Gasteiger partial charge in [-0.15, -0.1) is 0 Å². The SMILES string of the molecule is O=C1CC2(CCc3cc(O)ccc32)CN1. The molecular formula is C12H13NO2. The van der Waals surface area contributed by atoms with Gasteiger partial charge in [0.15, 0.2) is 0 Å². The topological polar surface area (TPSA) is 49.3 Å². The van der Waals surface area contributed by atoms with Crippen molar-refractivity contribution in [2.45, 2.75) is 24.7 Å². The molecule has 1 fully saturated rings. The van der Waals surface area contributed by atoms with Crippen LogP contribution in [-0.2, 0) is 16.6 Å². The summed E-state index contributed by atoms with van der Waals surface area (Å²) in [5.41, 5.74) is 2.46. The summed E-state index contributed by atoms with van der Waals surface area (Å²) >= 11 is 0. The van der Waals surface area contributed by atoms with Crippen molar-refractivity contribution in [2.75, 3.05) is 6.54 Å². The van der Waals surface area contributed by atoms with E-state index < -0.39 is 0 Å². The smallest absolute Gasteiger partial charge is 0.220 e. The first-order valence-corrected chi connectivity index (χ1v) is 5.29. The standard InChI is InChI=1S/C12H13NO2/c14-9-1-2-10-8(5-9)3-4-12(10)6-11(15)13-7-12/h1-2,5,14H,3-4,6-7H2,(H,13,15). The number of aromatic hydroxyl groups is 1. The Morgan fingerprint density at radius 2 is 2.27 bits per heavy atom. The molecule has 1 aromatic rings. The molecule has 1 unspecified atom stereocenters. The van der Waals surface area contributed by atoms with Crippen LogP contribution < -0.4 is 5.32 Å². The van der Waals surface area contributed by atoms with Crippen LogP contribution in [-0.4, -0.2) is 17.6 Å². The first kappa shape index (κ1) is 8.77. The molecule has 3 rings (SSSR count). The van der Waals surface area contributed by atoms with E-state index >= 15 is 0 Å². The Labute approximate surface area is 88.1 Å². The van der Waals surface area contributed by atoms with Crippen molar-refractivity contribution in [1.29, 1.82) is 0 Å². The summed E-state index contributed by atoms with van der Waals surface area (Å²) < 4.78 is 0. The van der Waals surface area contributed by atoms with E-state index in [4.69, 9.17) is 0 Å². The minimum atomic E-state index is 0.0140. The lowest BCUT2D eigenvalue weighted by Crippen LogP contribution is -2.25. The van der Waals surface area contributed by atoms with Gasteiger partial charge in [0.25, 0.3) is 0 Å². The van der Waals surface area contributed by atoms with Crippen LogP contribution in [0.5, 0.6) is 5.75 Å². The Morgan fingerprint density at radius 1 is 1.40 bits per heavy atom. The molecule has 1 spiro atoms. The third-order valence-electron chi connectivity index (χ3n) is 3.66. The van der Waals surface area contributed by atoms with Crippen LogP contribution in [0.15, 0.2) is 18.2 Å². The lowest BCUT2D eigenvalue weighted by molar-refractivity contribution is -0.119. The van der Waals surface area contributed by atoms with Gasteiger partial charge >= 0.3 is 0 Å². The van der Waals surface area contributed by atoms with Gasteiger partial charge in [0.2, 0.25) is 5.91 Å². The number of aryl methyl sites for hydroxylation is 1. The van der Waals surface area contributed by atoms with Crippen molar-refractivity contribution in [3.8, 4) is 5.75 Å². The number of amides is 1. The Morgan fingerprint density at radius 3 is 3.00 bits per heavy atom. The molecular weight excluding hydrogens is 190 g/mol. The Bertz CT molecular complexity index is 441. The number of carbonyl (C=O) groups excluding carboxylic acids is 1. The number of benzene rings is 1. The van der Waals surface area contributed by atoms with Crippen LogP contribution in [0.25, 0.3) is 0 Å². The van der Waals surface area contributed by atoms with Crippen molar-refractivity contribution in [1.82, 2.24) is 5.32 Å². The fourth-order valence-electron chi connectivity index (χ4n) is 2.88. The summed E-state index contributed by atoms with van der Waals surface area (Å²) in [4.78, 5) is 11.3. The van der Waals surface area contributed by atoms with Crippen molar-refractivity contribution < 1.29 is 9.90 Å². The highest BCUT2D eigenvalue weighted by Gasteiger charge is 2.44. The molecule has 1 amide bonds. The summed E-state index contributed by atoms with van der Waals surface area (Å²) in [6.07, 6.45) is 2.59. The molecule has 0 saturated carbocycles. The summed E-state index contributed by atoms with van der Waals surface area (Å²) in [7, 11) is 0. The van der Waals surface area contributed by atoms with Crippen molar-refractivity contribution in [2.24, 2.45) is 0 Å². The van der Waals surface area contributed by atoms with Gasteiger partial charge in [-0.05, 0) is 36.1 Å². The minimum absolute atomic E-state index is 0.0140. The predicted molar refractivity (Wildman–Crippen MR) is 55.7 cm³/mol. The van der Waals surface area contributed by atoms with E-state index in [0.29, 0.717) is 12.2 Å². The average Bonchev–Trinajstić information content (AvgIpc) is 2.73. The molecule has 0 bridgehead atoms. The quantitative estimate of drug-likeness (QED) is 0.663. The molecule has 2 aliphatic rings. The monoisotopic (exact) mass is 203 g/mol.